The first-order valence-electron chi connectivity index (χ1n) is 6.49. The largest absolute Gasteiger partial charge is 0.489 e. The topological polar surface area (TPSA) is 72.5 Å². The molecule has 0 spiro atoms. The summed E-state index contributed by atoms with van der Waals surface area (Å²) in [6.45, 7) is 0.270. The molecule has 5 heteroatoms. The molecule has 2 aromatic rings. The van der Waals surface area contributed by atoms with Gasteiger partial charge in [-0.3, -0.25) is 4.79 Å². The van der Waals surface area contributed by atoms with Crippen molar-refractivity contribution in [1.82, 2.24) is 0 Å². The van der Waals surface area contributed by atoms with Crippen molar-refractivity contribution < 1.29 is 19.0 Å². The van der Waals surface area contributed by atoms with E-state index in [9.17, 15) is 9.18 Å². The zero-order valence-electron chi connectivity index (χ0n) is 11.3. The second kappa shape index (κ2) is 6.85. The van der Waals surface area contributed by atoms with Crippen LogP contribution in [0, 0.1) is 5.82 Å². The van der Waals surface area contributed by atoms with Crippen molar-refractivity contribution in [3.8, 4) is 5.75 Å². The molecule has 0 aliphatic heterocycles. The Hall–Kier alpha value is -2.40. The maximum atomic E-state index is 13.0. The molecule has 3 N–H and O–H groups in total. The van der Waals surface area contributed by atoms with Crippen LogP contribution >= 0.6 is 0 Å². The van der Waals surface area contributed by atoms with Gasteiger partial charge in [0, 0.05) is 0 Å². The number of carbonyl (C=O) groups is 1. The molecule has 110 valence electrons. The molecule has 0 saturated carbocycles. The highest BCUT2D eigenvalue weighted by Crippen LogP contribution is 2.15. The van der Waals surface area contributed by atoms with Gasteiger partial charge in [-0.05, 0) is 41.8 Å². The van der Waals surface area contributed by atoms with Gasteiger partial charge in [0.2, 0.25) is 0 Å². The zero-order chi connectivity index (χ0) is 15.2. The minimum Gasteiger partial charge on any atom is -0.489 e. The van der Waals surface area contributed by atoms with Crippen LogP contribution in [-0.2, 0) is 17.8 Å². The maximum absolute atomic E-state index is 13.0. The fourth-order valence-corrected chi connectivity index (χ4v) is 1.86. The van der Waals surface area contributed by atoms with E-state index in [1.165, 1.54) is 12.1 Å². The van der Waals surface area contributed by atoms with E-state index in [0.29, 0.717) is 5.75 Å². The Kier molecular flexibility index (Phi) is 4.90. The summed E-state index contributed by atoms with van der Waals surface area (Å²) < 4.78 is 18.6. The van der Waals surface area contributed by atoms with Gasteiger partial charge in [-0.1, -0.05) is 24.3 Å². The third-order valence-corrected chi connectivity index (χ3v) is 2.99. The predicted octanol–water partition coefficient (Wildman–Crippen LogP) is 2.36. The standard InChI is InChI=1S/C16H16FNO3/c17-13-3-1-2-12(8-13)10-21-14-6-4-11(5-7-14)9-15(18)16(19)20/h1-8,15H,9-10,18H2,(H,19,20)/t15-/m0/s1. The van der Waals surface area contributed by atoms with Gasteiger partial charge in [-0.2, -0.15) is 0 Å². The highest BCUT2D eigenvalue weighted by Gasteiger charge is 2.11. The number of carboxylic acids is 1. The molecular formula is C16H16FNO3. The van der Waals surface area contributed by atoms with E-state index in [2.05, 4.69) is 0 Å². The van der Waals surface area contributed by atoms with Crippen LogP contribution in [0.1, 0.15) is 11.1 Å². The third kappa shape index (κ3) is 4.57. The van der Waals surface area contributed by atoms with E-state index in [-0.39, 0.29) is 18.8 Å². The number of aliphatic carboxylic acids is 1. The number of benzene rings is 2. The first kappa shape index (κ1) is 15.0. The van der Waals surface area contributed by atoms with Crippen molar-refractivity contribution in [3.63, 3.8) is 0 Å². The second-order valence-corrected chi connectivity index (χ2v) is 4.71. The van der Waals surface area contributed by atoms with Gasteiger partial charge in [-0.25, -0.2) is 4.39 Å². The molecule has 0 saturated heterocycles. The zero-order valence-corrected chi connectivity index (χ0v) is 11.3. The van der Waals surface area contributed by atoms with E-state index < -0.39 is 12.0 Å². The lowest BCUT2D eigenvalue weighted by Gasteiger charge is -2.09. The van der Waals surface area contributed by atoms with Crippen LogP contribution in [-0.4, -0.2) is 17.1 Å². The SMILES string of the molecule is N[C@@H](Cc1ccc(OCc2cccc(F)c2)cc1)C(=O)O. The van der Waals surface area contributed by atoms with Crippen LogP contribution < -0.4 is 10.5 Å². The Balaban J connectivity index is 1.92. The molecule has 0 unspecified atom stereocenters. The number of hydrogen-bond acceptors (Lipinski definition) is 3. The van der Waals surface area contributed by atoms with Crippen LogP contribution in [0.15, 0.2) is 48.5 Å². The number of rotatable bonds is 6. The van der Waals surface area contributed by atoms with Gasteiger partial charge in [-0.15, -0.1) is 0 Å². The molecule has 1 atom stereocenters. The van der Waals surface area contributed by atoms with Gasteiger partial charge in [0.15, 0.2) is 0 Å². The summed E-state index contributed by atoms with van der Waals surface area (Å²) in [7, 11) is 0. The Morgan fingerprint density at radius 1 is 1.19 bits per heavy atom. The van der Waals surface area contributed by atoms with E-state index >= 15 is 0 Å². The van der Waals surface area contributed by atoms with E-state index in [4.69, 9.17) is 15.6 Å². The fourth-order valence-electron chi connectivity index (χ4n) is 1.86. The van der Waals surface area contributed by atoms with Crippen LogP contribution in [0.4, 0.5) is 4.39 Å². The highest BCUT2D eigenvalue weighted by molar-refractivity contribution is 5.73. The second-order valence-electron chi connectivity index (χ2n) is 4.71. The Morgan fingerprint density at radius 2 is 1.90 bits per heavy atom. The Morgan fingerprint density at radius 3 is 2.52 bits per heavy atom. The number of nitrogens with two attached hydrogens (primary N) is 1. The predicted molar refractivity (Wildman–Crippen MR) is 76.5 cm³/mol. The monoisotopic (exact) mass is 289 g/mol. The summed E-state index contributed by atoms with van der Waals surface area (Å²) in [6.07, 6.45) is 0.263. The molecule has 0 radical (unpaired) electrons. The van der Waals surface area contributed by atoms with E-state index in [0.717, 1.165) is 11.1 Å². The van der Waals surface area contributed by atoms with Gasteiger partial charge in [0.25, 0.3) is 0 Å². The summed E-state index contributed by atoms with van der Waals surface area (Å²) in [6, 6.07) is 12.3. The summed E-state index contributed by atoms with van der Waals surface area (Å²) in [5, 5.41) is 8.75. The molecule has 21 heavy (non-hydrogen) atoms. The summed E-state index contributed by atoms with van der Waals surface area (Å²) in [4.78, 5) is 10.7. The van der Waals surface area contributed by atoms with Crippen LogP contribution in [0.25, 0.3) is 0 Å². The van der Waals surface area contributed by atoms with Gasteiger partial charge in [0.05, 0.1) is 0 Å². The lowest BCUT2D eigenvalue weighted by Crippen LogP contribution is -2.32. The lowest BCUT2D eigenvalue weighted by atomic mass is 10.1. The Bertz CT molecular complexity index is 613. The Labute approximate surface area is 122 Å². The van der Waals surface area contributed by atoms with Crippen molar-refractivity contribution in [2.75, 3.05) is 0 Å². The smallest absolute Gasteiger partial charge is 0.320 e. The molecule has 0 aromatic heterocycles. The van der Waals surface area contributed by atoms with Crippen molar-refractivity contribution in [1.29, 1.82) is 0 Å². The van der Waals surface area contributed by atoms with Crippen molar-refractivity contribution in [2.24, 2.45) is 5.73 Å². The van der Waals surface area contributed by atoms with Crippen molar-refractivity contribution >= 4 is 5.97 Å². The van der Waals surface area contributed by atoms with Crippen LogP contribution in [0.5, 0.6) is 5.75 Å². The first-order valence-corrected chi connectivity index (χ1v) is 6.49. The number of halogens is 1. The molecule has 4 nitrogen and oxygen atoms in total. The summed E-state index contributed by atoms with van der Waals surface area (Å²) in [5.74, 6) is -0.692. The molecule has 0 fully saturated rings. The molecule has 0 aliphatic carbocycles. The molecule has 0 bridgehead atoms. The quantitative estimate of drug-likeness (QED) is 0.856. The molecule has 2 rings (SSSR count). The molecule has 0 heterocycles. The lowest BCUT2D eigenvalue weighted by molar-refractivity contribution is -0.138. The maximum Gasteiger partial charge on any atom is 0.320 e. The van der Waals surface area contributed by atoms with Gasteiger partial charge in [0.1, 0.15) is 24.2 Å². The number of ether oxygens (including phenoxy) is 1. The number of hydrogen-bond donors (Lipinski definition) is 2. The molecular weight excluding hydrogens is 273 g/mol. The minimum absolute atomic E-state index is 0.263. The number of carboxylic acid groups (broad SMARTS) is 1. The molecule has 0 aliphatic rings. The van der Waals surface area contributed by atoms with Gasteiger partial charge < -0.3 is 15.6 Å². The van der Waals surface area contributed by atoms with E-state index in [1.807, 2.05) is 0 Å². The first-order chi connectivity index (χ1) is 10.0. The van der Waals surface area contributed by atoms with E-state index in [1.54, 1.807) is 36.4 Å². The highest BCUT2D eigenvalue weighted by atomic mass is 19.1. The summed E-state index contributed by atoms with van der Waals surface area (Å²) in [5.41, 5.74) is 7.03. The van der Waals surface area contributed by atoms with Crippen molar-refractivity contribution in [3.05, 3.63) is 65.5 Å². The van der Waals surface area contributed by atoms with Gasteiger partial charge >= 0.3 is 5.97 Å². The average molecular weight is 289 g/mol. The summed E-state index contributed by atoms with van der Waals surface area (Å²) >= 11 is 0. The van der Waals surface area contributed by atoms with Crippen LogP contribution in [0.3, 0.4) is 0 Å². The fraction of sp³-hybridized carbons (Fsp3) is 0.188. The molecule has 0 amide bonds. The molecule has 2 aromatic carbocycles. The van der Waals surface area contributed by atoms with Crippen molar-refractivity contribution in [2.45, 2.75) is 19.1 Å². The minimum atomic E-state index is -1.03. The third-order valence-electron chi connectivity index (χ3n) is 2.99. The normalized spacial score (nSPS) is 11.9. The average Bonchev–Trinajstić information content (AvgIpc) is 2.46. The van der Waals surface area contributed by atoms with Crippen LogP contribution in [0.2, 0.25) is 0 Å².